The molecule has 1 aliphatic rings. The Labute approximate surface area is 225 Å². The summed E-state index contributed by atoms with van der Waals surface area (Å²) in [6, 6.07) is 28.1. The molecule has 1 N–H and O–H groups in total. The zero-order chi connectivity index (χ0) is 25.9. The minimum absolute atomic E-state index is 0.000639. The number of nitrogens with one attached hydrogen (secondary N) is 1. The Morgan fingerprint density at radius 1 is 0.838 bits per heavy atom. The molecular formula is C32H38N2O2S. The molecule has 0 unspecified atom stereocenters. The summed E-state index contributed by atoms with van der Waals surface area (Å²) in [4.78, 5) is 29.3. The third-order valence-electron chi connectivity index (χ3n) is 7.03. The monoisotopic (exact) mass is 514 g/mol. The Balaban J connectivity index is 1.54. The van der Waals surface area contributed by atoms with Crippen LogP contribution in [0.25, 0.3) is 0 Å². The second-order valence-electron chi connectivity index (χ2n) is 10.0. The van der Waals surface area contributed by atoms with Crippen LogP contribution in [0.4, 0.5) is 0 Å². The van der Waals surface area contributed by atoms with E-state index in [0.717, 1.165) is 42.6 Å². The highest BCUT2D eigenvalue weighted by Crippen LogP contribution is 2.21. The highest BCUT2D eigenvalue weighted by molar-refractivity contribution is 7.99. The molecule has 0 radical (unpaired) electrons. The zero-order valence-electron chi connectivity index (χ0n) is 21.8. The first-order valence-electron chi connectivity index (χ1n) is 13.4. The average molecular weight is 515 g/mol. The molecular weight excluding hydrogens is 476 g/mol. The fourth-order valence-electron chi connectivity index (χ4n) is 4.90. The third kappa shape index (κ3) is 8.50. The van der Waals surface area contributed by atoms with Gasteiger partial charge in [-0.15, -0.1) is 11.8 Å². The zero-order valence-corrected chi connectivity index (χ0v) is 22.6. The van der Waals surface area contributed by atoms with Crippen LogP contribution >= 0.6 is 11.8 Å². The number of rotatable bonds is 11. The van der Waals surface area contributed by atoms with E-state index >= 15 is 0 Å². The van der Waals surface area contributed by atoms with Crippen LogP contribution in [0.1, 0.15) is 54.4 Å². The van der Waals surface area contributed by atoms with Gasteiger partial charge >= 0.3 is 0 Å². The minimum atomic E-state index is -0.558. The SMILES string of the molecule is Cc1ccc(CSCC(=O)N(Cc2ccccc2)[C@H](Cc2ccccc2)C(=O)NC2CCCCC2)cc1. The lowest BCUT2D eigenvalue weighted by atomic mass is 9.94. The number of carbonyl (C=O) groups excluding carboxylic acids is 2. The quantitative estimate of drug-likeness (QED) is 0.326. The van der Waals surface area contributed by atoms with Crippen molar-refractivity contribution in [3.63, 3.8) is 0 Å². The molecule has 0 bridgehead atoms. The molecule has 1 fully saturated rings. The maximum absolute atomic E-state index is 13.8. The van der Waals surface area contributed by atoms with Gasteiger partial charge in [0.05, 0.1) is 5.75 Å². The molecule has 4 rings (SSSR count). The largest absolute Gasteiger partial charge is 0.352 e. The predicted molar refractivity (Wildman–Crippen MR) is 153 cm³/mol. The molecule has 2 amide bonds. The van der Waals surface area contributed by atoms with Gasteiger partial charge in [-0.05, 0) is 36.5 Å². The molecule has 0 aromatic heterocycles. The molecule has 5 heteroatoms. The number of benzene rings is 3. The molecule has 1 saturated carbocycles. The Bertz CT molecular complexity index is 1110. The first-order valence-corrected chi connectivity index (χ1v) is 14.5. The minimum Gasteiger partial charge on any atom is -0.352 e. The summed E-state index contributed by atoms with van der Waals surface area (Å²) >= 11 is 1.61. The Morgan fingerprint density at radius 2 is 1.46 bits per heavy atom. The molecule has 3 aromatic rings. The average Bonchev–Trinajstić information content (AvgIpc) is 2.93. The van der Waals surface area contributed by atoms with Crippen LogP contribution in [0.3, 0.4) is 0 Å². The molecule has 1 atom stereocenters. The number of hydrogen-bond donors (Lipinski definition) is 1. The van der Waals surface area contributed by atoms with Gasteiger partial charge in [-0.1, -0.05) is 110 Å². The first kappa shape index (κ1) is 27.0. The molecule has 194 valence electrons. The smallest absolute Gasteiger partial charge is 0.243 e. The molecule has 0 heterocycles. The summed E-state index contributed by atoms with van der Waals surface area (Å²) < 4.78 is 0. The van der Waals surface area contributed by atoms with E-state index in [1.54, 1.807) is 11.8 Å². The van der Waals surface area contributed by atoms with Gasteiger partial charge in [-0.25, -0.2) is 0 Å². The lowest BCUT2D eigenvalue weighted by molar-refractivity contribution is -0.139. The summed E-state index contributed by atoms with van der Waals surface area (Å²) in [5.41, 5.74) is 4.52. The van der Waals surface area contributed by atoms with E-state index in [0.29, 0.717) is 18.7 Å². The molecule has 1 aliphatic carbocycles. The van der Waals surface area contributed by atoms with Crippen molar-refractivity contribution in [1.29, 1.82) is 0 Å². The molecule has 37 heavy (non-hydrogen) atoms. The second kappa shape index (κ2) is 14.0. The van der Waals surface area contributed by atoms with Crippen molar-refractivity contribution < 1.29 is 9.59 Å². The maximum atomic E-state index is 13.8. The van der Waals surface area contributed by atoms with Crippen molar-refractivity contribution in [2.75, 3.05) is 5.75 Å². The Kier molecular flexibility index (Phi) is 10.2. The normalized spacial score (nSPS) is 14.6. The van der Waals surface area contributed by atoms with E-state index in [2.05, 4.69) is 36.5 Å². The van der Waals surface area contributed by atoms with Crippen LogP contribution in [0, 0.1) is 6.92 Å². The molecule has 4 nitrogen and oxygen atoms in total. The summed E-state index contributed by atoms with van der Waals surface area (Å²) in [6.45, 7) is 2.49. The van der Waals surface area contributed by atoms with Crippen molar-refractivity contribution in [3.05, 3.63) is 107 Å². The van der Waals surface area contributed by atoms with Gasteiger partial charge in [0.15, 0.2) is 0 Å². The second-order valence-corrected chi connectivity index (χ2v) is 11.0. The van der Waals surface area contributed by atoms with Crippen LogP contribution < -0.4 is 5.32 Å². The highest BCUT2D eigenvalue weighted by Gasteiger charge is 2.31. The molecule has 3 aromatic carbocycles. The van der Waals surface area contributed by atoms with Gasteiger partial charge in [0, 0.05) is 24.8 Å². The Morgan fingerprint density at radius 3 is 2.11 bits per heavy atom. The van der Waals surface area contributed by atoms with E-state index in [1.165, 1.54) is 17.5 Å². The summed E-state index contributed by atoms with van der Waals surface area (Å²) in [5, 5.41) is 3.31. The van der Waals surface area contributed by atoms with Gasteiger partial charge in [0.2, 0.25) is 11.8 Å². The number of thioether (sulfide) groups is 1. The van der Waals surface area contributed by atoms with Gasteiger partial charge in [0.1, 0.15) is 6.04 Å². The van der Waals surface area contributed by atoms with Crippen molar-refractivity contribution in [2.24, 2.45) is 0 Å². The number of amides is 2. The number of aryl methyl sites for hydroxylation is 1. The Hall–Kier alpha value is -3.05. The van der Waals surface area contributed by atoms with Crippen molar-refractivity contribution in [2.45, 2.75) is 69.8 Å². The number of hydrogen-bond acceptors (Lipinski definition) is 3. The molecule has 0 aliphatic heterocycles. The van der Waals surface area contributed by atoms with Crippen LogP contribution in [0.5, 0.6) is 0 Å². The highest BCUT2D eigenvalue weighted by atomic mass is 32.2. The van der Waals surface area contributed by atoms with Crippen molar-refractivity contribution in [1.82, 2.24) is 10.2 Å². The standard InChI is InChI=1S/C32H38N2O2S/c1-25-17-19-28(20-18-25)23-37-24-31(35)34(22-27-13-7-3-8-14-27)30(21-26-11-5-2-6-12-26)32(36)33-29-15-9-4-10-16-29/h2-3,5-8,11-14,17-20,29-30H,4,9-10,15-16,21-24H2,1H3,(H,33,36)/t30-/m1/s1. The van der Waals surface area contributed by atoms with Crippen LogP contribution in [-0.2, 0) is 28.3 Å². The van der Waals surface area contributed by atoms with E-state index < -0.39 is 6.04 Å². The molecule has 0 saturated heterocycles. The maximum Gasteiger partial charge on any atom is 0.243 e. The third-order valence-corrected chi connectivity index (χ3v) is 8.02. The van der Waals surface area contributed by atoms with Gasteiger partial charge in [0.25, 0.3) is 0 Å². The number of carbonyl (C=O) groups is 2. The first-order chi connectivity index (χ1) is 18.1. The lowest BCUT2D eigenvalue weighted by Gasteiger charge is -2.33. The summed E-state index contributed by atoms with van der Waals surface area (Å²) in [5.74, 6) is 1.06. The fraction of sp³-hybridized carbons (Fsp3) is 0.375. The van der Waals surface area contributed by atoms with Crippen molar-refractivity contribution >= 4 is 23.6 Å². The summed E-state index contributed by atoms with van der Waals surface area (Å²) in [7, 11) is 0. The van der Waals surface area contributed by atoms with Gasteiger partial charge in [-0.2, -0.15) is 0 Å². The molecule has 0 spiro atoms. The lowest BCUT2D eigenvalue weighted by Crippen LogP contribution is -2.53. The van der Waals surface area contributed by atoms with E-state index in [-0.39, 0.29) is 17.9 Å². The summed E-state index contributed by atoms with van der Waals surface area (Å²) in [6.07, 6.45) is 6.07. The van der Waals surface area contributed by atoms with E-state index in [1.807, 2.05) is 65.6 Å². The van der Waals surface area contributed by atoms with Crippen LogP contribution in [0.15, 0.2) is 84.9 Å². The van der Waals surface area contributed by atoms with Gasteiger partial charge in [-0.3, -0.25) is 9.59 Å². The van der Waals surface area contributed by atoms with Gasteiger partial charge < -0.3 is 10.2 Å². The van der Waals surface area contributed by atoms with Crippen LogP contribution in [0.2, 0.25) is 0 Å². The van der Waals surface area contributed by atoms with Crippen LogP contribution in [-0.4, -0.2) is 34.6 Å². The van der Waals surface area contributed by atoms with Crippen molar-refractivity contribution in [3.8, 4) is 0 Å². The van der Waals surface area contributed by atoms with E-state index in [9.17, 15) is 9.59 Å². The topological polar surface area (TPSA) is 49.4 Å². The van der Waals surface area contributed by atoms with E-state index in [4.69, 9.17) is 0 Å². The fourth-order valence-corrected chi connectivity index (χ4v) is 5.77. The predicted octanol–water partition coefficient (Wildman–Crippen LogP) is 6.32. The number of nitrogens with zero attached hydrogens (tertiary/aromatic N) is 1.